The summed E-state index contributed by atoms with van der Waals surface area (Å²) in [6.45, 7) is 5.62. The lowest BCUT2D eigenvalue weighted by Crippen LogP contribution is -2.51. The lowest BCUT2D eigenvalue weighted by atomic mass is 10.1. The van der Waals surface area contributed by atoms with Crippen LogP contribution in [0.3, 0.4) is 0 Å². The Balaban J connectivity index is 1.23. The van der Waals surface area contributed by atoms with Crippen molar-refractivity contribution in [1.29, 1.82) is 0 Å². The van der Waals surface area contributed by atoms with Gasteiger partial charge in [0.25, 0.3) is 15.9 Å². The Labute approximate surface area is 228 Å². The van der Waals surface area contributed by atoms with E-state index in [9.17, 15) is 18.0 Å². The molecule has 4 aromatic rings. The average molecular weight is 543 g/mol. The minimum atomic E-state index is -3.90. The van der Waals surface area contributed by atoms with Crippen molar-refractivity contribution in [3.8, 4) is 0 Å². The van der Waals surface area contributed by atoms with Crippen LogP contribution < -0.4 is 4.72 Å². The number of carbonyl (C=O) groups excluding carboxylic acids is 2. The van der Waals surface area contributed by atoms with Crippen LogP contribution in [0.1, 0.15) is 27.0 Å². The van der Waals surface area contributed by atoms with E-state index in [0.717, 1.165) is 16.5 Å². The molecule has 1 aliphatic rings. The number of piperazine rings is 1. The topological polar surface area (TPSA) is 99.7 Å². The highest BCUT2D eigenvalue weighted by atomic mass is 32.2. The molecule has 0 atom stereocenters. The molecule has 39 heavy (non-hydrogen) atoms. The van der Waals surface area contributed by atoms with Crippen LogP contribution in [0.15, 0.2) is 83.9 Å². The quantitative estimate of drug-likeness (QED) is 0.394. The second-order valence-corrected chi connectivity index (χ2v) is 11.5. The molecule has 1 aliphatic heterocycles. The fourth-order valence-electron chi connectivity index (χ4n) is 4.74. The van der Waals surface area contributed by atoms with E-state index in [0.29, 0.717) is 54.9 Å². The smallest absolute Gasteiger partial charge is 0.264 e. The summed E-state index contributed by atoms with van der Waals surface area (Å²) in [5, 5.41) is 0.731. The molecule has 3 aromatic carbocycles. The number of nitrogens with zero attached hydrogens (tertiary/aromatic N) is 3. The second kappa shape index (κ2) is 10.9. The Morgan fingerprint density at radius 1 is 0.872 bits per heavy atom. The number of aromatic nitrogens is 1. The molecule has 0 bridgehead atoms. The van der Waals surface area contributed by atoms with Gasteiger partial charge in [0, 0.05) is 43.3 Å². The minimum Gasteiger partial charge on any atom is -0.339 e. The van der Waals surface area contributed by atoms with E-state index in [2.05, 4.69) is 9.71 Å². The maximum absolute atomic E-state index is 13.2. The number of anilines is 1. The highest BCUT2D eigenvalue weighted by Crippen LogP contribution is 2.26. The van der Waals surface area contributed by atoms with Crippen molar-refractivity contribution < 1.29 is 18.0 Å². The Bertz CT molecular complexity index is 1640. The number of hydrogen-bond donors (Lipinski definition) is 1. The van der Waals surface area contributed by atoms with E-state index < -0.39 is 10.0 Å². The number of rotatable bonds is 6. The summed E-state index contributed by atoms with van der Waals surface area (Å²) in [6, 6.07) is 21.5. The number of carbonyl (C=O) groups is 2. The van der Waals surface area contributed by atoms with Gasteiger partial charge in [-0.3, -0.25) is 19.3 Å². The molecule has 0 radical (unpaired) electrons. The maximum Gasteiger partial charge on any atom is 0.264 e. The first-order valence-electron chi connectivity index (χ1n) is 12.8. The van der Waals surface area contributed by atoms with Crippen molar-refractivity contribution in [2.24, 2.45) is 0 Å². The van der Waals surface area contributed by atoms with Gasteiger partial charge in [-0.05, 0) is 55.3 Å². The van der Waals surface area contributed by atoms with Gasteiger partial charge in [0.1, 0.15) is 4.90 Å². The summed E-state index contributed by atoms with van der Waals surface area (Å²) < 4.78 is 29.0. The van der Waals surface area contributed by atoms with E-state index in [1.165, 1.54) is 6.07 Å². The van der Waals surface area contributed by atoms with Gasteiger partial charge in [-0.1, -0.05) is 48.0 Å². The lowest BCUT2D eigenvalue weighted by Gasteiger charge is -2.35. The first kappa shape index (κ1) is 26.4. The zero-order valence-corrected chi connectivity index (χ0v) is 22.7. The van der Waals surface area contributed by atoms with Crippen LogP contribution in [-0.4, -0.2) is 61.2 Å². The molecule has 2 heterocycles. The third-order valence-electron chi connectivity index (χ3n) is 7.00. The molecule has 2 amide bonds. The number of hydrogen-bond acceptors (Lipinski definition) is 5. The second-order valence-electron chi connectivity index (χ2n) is 9.80. The number of para-hydroxylation sites is 1. The van der Waals surface area contributed by atoms with Crippen molar-refractivity contribution in [2.75, 3.05) is 30.9 Å². The van der Waals surface area contributed by atoms with Crippen molar-refractivity contribution >= 4 is 38.4 Å². The van der Waals surface area contributed by atoms with Crippen LogP contribution in [0.2, 0.25) is 0 Å². The molecular formula is C30H30N4O4S. The van der Waals surface area contributed by atoms with E-state index in [-0.39, 0.29) is 16.7 Å². The lowest BCUT2D eigenvalue weighted by molar-refractivity contribution is -0.131. The number of fused-ring (bicyclic) bond motifs is 1. The summed E-state index contributed by atoms with van der Waals surface area (Å²) in [6.07, 6.45) is 1.91. The SMILES string of the molecule is Cc1ccc(CC(=O)N2CCN(C(=O)c3ccc(NS(=O)(=O)c4cccc5cccnc45)c(C)c3)CC2)cc1. The normalized spacial score (nSPS) is 13.9. The molecule has 8 nitrogen and oxygen atoms in total. The summed E-state index contributed by atoms with van der Waals surface area (Å²) in [5.41, 5.74) is 4.03. The minimum absolute atomic E-state index is 0.0554. The maximum atomic E-state index is 13.2. The van der Waals surface area contributed by atoms with Gasteiger partial charge in [0.05, 0.1) is 17.6 Å². The van der Waals surface area contributed by atoms with E-state index in [4.69, 9.17) is 0 Å². The fourth-order valence-corrected chi connectivity index (χ4v) is 6.05. The Morgan fingerprint density at radius 3 is 2.28 bits per heavy atom. The molecule has 0 aliphatic carbocycles. The molecule has 0 saturated carbocycles. The number of sulfonamides is 1. The molecule has 200 valence electrons. The van der Waals surface area contributed by atoms with Gasteiger partial charge in [0.15, 0.2) is 0 Å². The number of pyridine rings is 1. The van der Waals surface area contributed by atoms with Crippen molar-refractivity contribution in [3.05, 3.63) is 101 Å². The van der Waals surface area contributed by atoms with Crippen molar-refractivity contribution in [3.63, 3.8) is 0 Å². The van der Waals surface area contributed by atoms with Crippen LogP contribution in [-0.2, 0) is 21.2 Å². The van der Waals surface area contributed by atoms with E-state index in [1.54, 1.807) is 53.3 Å². The number of benzene rings is 3. The van der Waals surface area contributed by atoms with Crippen LogP contribution in [0.4, 0.5) is 5.69 Å². The van der Waals surface area contributed by atoms with Crippen LogP contribution in [0, 0.1) is 13.8 Å². The summed E-state index contributed by atoms with van der Waals surface area (Å²) in [7, 11) is -3.90. The molecule has 5 rings (SSSR count). The molecule has 0 spiro atoms. The fraction of sp³-hybridized carbons (Fsp3) is 0.233. The van der Waals surface area contributed by atoms with Gasteiger partial charge in [-0.15, -0.1) is 0 Å². The van der Waals surface area contributed by atoms with E-state index >= 15 is 0 Å². The Kier molecular flexibility index (Phi) is 7.34. The van der Waals surface area contributed by atoms with Gasteiger partial charge < -0.3 is 9.80 Å². The first-order valence-corrected chi connectivity index (χ1v) is 14.3. The zero-order chi connectivity index (χ0) is 27.6. The number of nitrogens with one attached hydrogen (secondary N) is 1. The zero-order valence-electron chi connectivity index (χ0n) is 21.9. The molecule has 1 fully saturated rings. The Morgan fingerprint density at radius 2 is 1.56 bits per heavy atom. The van der Waals surface area contributed by atoms with Gasteiger partial charge in [0.2, 0.25) is 5.91 Å². The third kappa shape index (κ3) is 5.78. The van der Waals surface area contributed by atoms with Crippen molar-refractivity contribution in [2.45, 2.75) is 25.2 Å². The highest BCUT2D eigenvalue weighted by Gasteiger charge is 2.26. The summed E-state index contributed by atoms with van der Waals surface area (Å²) in [5.74, 6) is -0.0868. The Hall–Kier alpha value is -4.24. The monoisotopic (exact) mass is 542 g/mol. The molecule has 9 heteroatoms. The molecule has 1 N–H and O–H groups in total. The molecule has 1 saturated heterocycles. The number of amides is 2. The molecule has 1 aromatic heterocycles. The average Bonchev–Trinajstić information content (AvgIpc) is 2.94. The third-order valence-corrected chi connectivity index (χ3v) is 8.40. The van der Waals surface area contributed by atoms with Gasteiger partial charge in [-0.25, -0.2) is 8.42 Å². The molecule has 0 unspecified atom stereocenters. The predicted molar refractivity (Wildman–Crippen MR) is 151 cm³/mol. The number of aryl methyl sites for hydroxylation is 2. The first-order chi connectivity index (χ1) is 18.7. The van der Waals surface area contributed by atoms with Gasteiger partial charge >= 0.3 is 0 Å². The van der Waals surface area contributed by atoms with Crippen LogP contribution >= 0.6 is 0 Å². The van der Waals surface area contributed by atoms with Crippen molar-refractivity contribution in [1.82, 2.24) is 14.8 Å². The summed E-state index contributed by atoms with van der Waals surface area (Å²) in [4.78, 5) is 33.8. The van der Waals surface area contributed by atoms with Gasteiger partial charge in [-0.2, -0.15) is 0 Å². The summed E-state index contributed by atoms with van der Waals surface area (Å²) >= 11 is 0. The predicted octanol–water partition coefficient (Wildman–Crippen LogP) is 4.18. The largest absolute Gasteiger partial charge is 0.339 e. The molecular weight excluding hydrogens is 512 g/mol. The standard InChI is InChI=1S/C30H30N4O4S/c1-21-8-10-23(11-9-21)20-28(35)33-15-17-34(18-16-33)30(36)25-12-13-26(22(2)19-25)32-39(37,38)27-7-3-5-24-6-4-14-31-29(24)27/h3-14,19,32H,15-18,20H2,1-2H3. The van der Waals surface area contributed by atoms with Crippen LogP contribution in [0.25, 0.3) is 10.9 Å². The highest BCUT2D eigenvalue weighted by molar-refractivity contribution is 7.93. The van der Waals surface area contributed by atoms with E-state index in [1.807, 2.05) is 43.3 Å². The van der Waals surface area contributed by atoms with Crippen LogP contribution in [0.5, 0.6) is 0 Å².